The Balaban J connectivity index is 1.38. The van der Waals surface area contributed by atoms with Crippen LogP contribution in [-0.4, -0.2) is 71.6 Å². The van der Waals surface area contributed by atoms with E-state index in [0.29, 0.717) is 5.54 Å². The molecular weight excluding hydrogens is 402 g/mol. The number of rotatable bonds is 11. The van der Waals surface area contributed by atoms with Gasteiger partial charge in [0.2, 0.25) is 0 Å². The van der Waals surface area contributed by atoms with Crippen LogP contribution in [0.5, 0.6) is 0 Å². The van der Waals surface area contributed by atoms with Gasteiger partial charge in [-0.2, -0.15) is 0 Å². The summed E-state index contributed by atoms with van der Waals surface area (Å²) < 4.78 is 0. The molecule has 0 aromatic heterocycles. The SMILES string of the molecule is CC(C)C1CCN(C(C)CCC(C)C2CCN(C(C)(C)CC(C)C3CN(C(C)C)C3)C2)CC1. The summed E-state index contributed by atoms with van der Waals surface area (Å²) in [6.07, 6.45) is 8.40. The largest absolute Gasteiger partial charge is 0.301 e. The van der Waals surface area contributed by atoms with Crippen molar-refractivity contribution in [1.29, 1.82) is 0 Å². The molecule has 3 fully saturated rings. The van der Waals surface area contributed by atoms with Crippen LogP contribution >= 0.6 is 0 Å². The summed E-state index contributed by atoms with van der Waals surface area (Å²) in [6.45, 7) is 30.1. The maximum absolute atomic E-state index is 2.85. The Morgan fingerprint density at radius 1 is 0.667 bits per heavy atom. The van der Waals surface area contributed by atoms with Gasteiger partial charge < -0.3 is 9.80 Å². The van der Waals surface area contributed by atoms with Crippen LogP contribution in [0.3, 0.4) is 0 Å². The van der Waals surface area contributed by atoms with E-state index in [-0.39, 0.29) is 0 Å². The molecule has 194 valence electrons. The average Bonchev–Trinajstić information content (AvgIpc) is 3.21. The molecule has 0 spiro atoms. The Morgan fingerprint density at radius 3 is 1.85 bits per heavy atom. The molecule has 33 heavy (non-hydrogen) atoms. The fourth-order valence-corrected chi connectivity index (χ4v) is 7.16. The number of hydrogen-bond donors (Lipinski definition) is 0. The van der Waals surface area contributed by atoms with E-state index in [2.05, 4.69) is 77.0 Å². The summed E-state index contributed by atoms with van der Waals surface area (Å²) in [5.41, 5.74) is 0.347. The van der Waals surface area contributed by atoms with Crippen molar-refractivity contribution in [3.63, 3.8) is 0 Å². The van der Waals surface area contributed by atoms with Gasteiger partial charge in [0.25, 0.3) is 0 Å². The zero-order chi connectivity index (χ0) is 24.3. The fraction of sp³-hybridized carbons (Fsp3) is 1.00. The lowest BCUT2D eigenvalue weighted by Crippen LogP contribution is -2.54. The van der Waals surface area contributed by atoms with Crippen LogP contribution in [-0.2, 0) is 0 Å². The zero-order valence-electron chi connectivity index (χ0n) is 23.9. The normalized spacial score (nSPS) is 27.9. The quantitative estimate of drug-likeness (QED) is 0.342. The van der Waals surface area contributed by atoms with Gasteiger partial charge in [0.1, 0.15) is 0 Å². The van der Waals surface area contributed by atoms with Crippen LogP contribution in [0.15, 0.2) is 0 Å². The second kappa shape index (κ2) is 11.7. The third-order valence-electron chi connectivity index (χ3n) is 10.4. The van der Waals surface area contributed by atoms with Crippen molar-refractivity contribution in [3.05, 3.63) is 0 Å². The van der Waals surface area contributed by atoms with Crippen molar-refractivity contribution in [2.24, 2.45) is 35.5 Å². The molecule has 4 atom stereocenters. The Hall–Kier alpha value is -0.120. The first-order valence-electron chi connectivity index (χ1n) is 14.7. The number of hydrogen-bond acceptors (Lipinski definition) is 3. The third kappa shape index (κ3) is 7.20. The molecule has 0 N–H and O–H groups in total. The van der Waals surface area contributed by atoms with E-state index in [9.17, 15) is 0 Å². The molecule has 0 aromatic rings. The second-order valence-electron chi connectivity index (χ2n) is 13.8. The molecular formula is C30H59N3. The lowest BCUT2D eigenvalue weighted by atomic mass is 9.78. The van der Waals surface area contributed by atoms with E-state index in [1.807, 2.05) is 0 Å². The van der Waals surface area contributed by atoms with Gasteiger partial charge in [-0.3, -0.25) is 4.90 Å². The van der Waals surface area contributed by atoms with Crippen LogP contribution in [0, 0.1) is 35.5 Å². The van der Waals surface area contributed by atoms with Crippen molar-refractivity contribution in [2.75, 3.05) is 39.3 Å². The van der Waals surface area contributed by atoms with Gasteiger partial charge in [0, 0.05) is 37.3 Å². The van der Waals surface area contributed by atoms with Gasteiger partial charge in [-0.05, 0) is 128 Å². The van der Waals surface area contributed by atoms with Crippen LogP contribution in [0.4, 0.5) is 0 Å². The summed E-state index contributed by atoms with van der Waals surface area (Å²) >= 11 is 0. The maximum Gasteiger partial charge on any atom is 0.0156 e. The van der Waals surface area contributed by atoms with Gasteiger partial charge in [0.05, 0.1) is 0 Å². The number of piperidine rings is 1. The minimum absolute atomic E-state index is 0.347. The van der Waals surface area contributed by atoms with Crippen molar-refractivity contribution >= 4 is 0 Å². The molecule has 3 aliphatic heterocycles. The number of nitrogens with zero attached hydrogens (tertiary/aromatic N) is 3. The first kappa shape index (κ1) is 27.5. The maximum atomic E-state index is 2.85. The molecule has 3 heterocycles. The van der Waals surface area contributed by atoms with Crippen LogP contribution in [0.25, 0.3) is 0 Å². The summed E-state index contributed by atoms with van der Waals surface area (Å²) in [7, 11) is 0. The van der Waals surface area contributed by atoms with Gasteiger partial charge in [-0.15, -0.1) is 0 Å². The predicted octanol–water partition coefficient (Wildman–Crippen LogP) is 6.63. The van der Waals surface area contributed by atoms with E-state index in [0.717, 1.165) is 47.6 Å². The smallest absolute Gasteiger partial charge is 0.0156 e. The van der Waals surface area contributed by atoms with E-state index in [1.165, 1.54) is 77.8 Å². The van der Waals surface area contributed by atoms with Crippen LogP contribution < -0.4 is 0 Å². The van der Waals surface area contributed by atoms with Gasteiger partial charge in [-0.25, -0.2) is 0 Å². The Bertz CT molecular complexity index is 571. The van der Waals surface area contributed by atoms with E-state index in [1.54, 1.807) is 0 Å². The van der Waals surface area contributed by atoms with Gasteiger partial charge in [0.15, 0.2) is 0 Å². The molecule has 3 nitrogen and oxygen atoms in total. The lowest BCUT2D eigenvalue weighted by molar-refractivity contribution is 0.0131. The summed E-state index contributed by atoms with van der Waals surface area (Å²) in [5.74, 6) is 5.34. The van der Waals surface area contributed by atoms with Crippen molar-refractivity contribution in [2.45, 2.75) is 118 Å². The molecule has 0 saturated carbocycles. The first-order valence-corrected chi connectivity index (χ1v) is 14.7. The molecule has 3 aliphatic rings. The van der Waals surface area contributed by atoms with Crippen molar-refractivity contribution in [1.82, 2.24) is 14.7 Å². The van der Waals surface area contributed by atoms with Crippen molar-refractivity contribution in [3.8, 4) is 0 Å². The highest BCUT2D eigenvalue weighted by Crippen LogP contribution is 2.37. The van der Waals surface area contributed by atoms with E-state index in [4.69, 9.17) is 0 Å². The summed E-state index contributed by atoms with van der Waals surface area (Å²) in [4.78, 5) is 8.27. The molecule has 0 amide bonds. The summed E-state index contributed by atoms with van der Waals surface area (Å²) in [5, 5.41) is 0. The summed E-state index contributed by atoms with van der Waals surface area (Å²) in [6, 6.07) is 1.49. The second-order valence-corrected chi connectivity index (χ2v) is 13.8. The van der Waals surface area contributed by atoms with E-state index >= 15 is 0 Å². The minimum atomic E-state index is 0.347. The molecule has 4 unspecified atom stereocenters. The molecule has 3 rings (SSSR count). The van der Waals surface area contributed by atoms with Crippen molar-refractivity contribution < 1.29 is 0 Å². The Labute approximate surface area is 208 Å². The fourth-order valence-electron chi connectivity index (χ4n) is 7.16. The van der Waals surface area contributed by atoms with Gasteiger partial charge in [-0.1, -0.05) is 27.7 Å². The lowest BCUT2D eigenvalue weighted by Gasteiger charge is -2.47. The highest BCUT2D eigenvalue weighted by Gasteiger charge is 2.40. The van der Waals surface area contributed by atoms with Gasteiger partial charge >= 0.3 is 0 Å². The average molecular weight is 462 g/mol. The number of likely N-dealkylation sites (tertiary alicyclic amines) is 3. The molecule has 0 radical (unpaired) electrons. The monoisotopic (exact) mass is 461 g/mol. The molecule has 3 saturated heterocycles. The highest BCUT2D eigenvalue weighted by molar-refractivity contribution is 4.94. The highest BCUT2D eigenvalue weighted by atomic mass is 15.2. The zero-order valence-corrected chi connectivity index (χ0v) is 23.9. The van der Waals surface area contributed by atoms with Crippen LogP contribution in [0.1, 0.15) is 101 Å². The van der Waals surface area contributed by atoms with E-state index < -0.39 is 0 Å². The Kier molecular flexibility index (Phi) is 9.77. The third-order valence-corrected chi connectivity index (χ3v) is 10.4. The predicted molar refractivity (Wildman–Crippen MR) is 145 cm³/mol. The Morgan fingerprint density at radius 2 is 1.27 bits per heavy atom. The first-order chi connectivity index (χ1) is 15.5. The molecule has 0 bridgehead atoms. The molecule has 0 aromatic carbocycles. The molecule has 0 aliphatic carbocycles. The standard InChI is InChI=1S/C30H59N3/c1-22(2)27-12-15-31(16-13-27)26(7)11-10-24(5)28-14-17-33(21-28)30(8,9)18-25(6)29-19-32(20-29)23(3)4/h22-29H,10-21H2,1-9H3. The van der Waals surface area contributed by atoms with Crippen LogP contribution in [0.2, 0.25) is 0 Å². The topological polar surface area (TPSA) is 9.72 Å². The minimum Gasteiger partial charge on any atom is -0.301 e. The molecule has 3 heteroatoms.